The summed E-state index contributed by atoms with van der Waals surface area (Å²) >= 11 is 6.70. The van der Waals surface area contributed by atoms with Gasteiger partial charge in [-0.15, -0.1) is 0 Å². The van der Waals surface area contributed by atoms with Crippen molar-refractivity contribution in [2.75, 3.05) is 58.2 Å². The molecule has 10 heteroatoms. The Morgan fingerprint density at radius 3 is 2.77 bits per heavy atom. The molecule has 0 aliphatic carbocycles. The summed E-state index contributed by atoms with van der Waals surface area (Å²) in [5.74, 6) is 2.44. The number of methoxy groups -OCH3 is 2. The topological polar surface area (TPSA) is 93.7 Å². The molecule has 0 bridgehead atoms. The molecule has 2 saturated heterocycles. The molecular weight excluding hydrogens is 468 g/mol. The summed E-state index contributed by atoms with van der Waals surface area (Å²) in [6.07, 6.45) is 5.12. The monoisotopic (exact) mass is 498 g/mol. The first-order chi connectivity index (χ1) is 17.1. The molecule has 2 unspecified atom stereocenters. The molecule has 2 atom stereocenters. The summed E-state index contributed by atoms with van der Waals surface area (Å²) in [5, 5.41) is 8.29. The van der Waals surface area contributed by atoms with Crippen LogP contribution >= 0.6 is 11.6 Å². The molecule has 2 aromatic heterocycles. The summed E-state index contributed by atoms with van der Waals surface area (Å²) < 4.78 is 16.4. The zero-order valence-electron chi connectivity index (χ0n) is 20.3. The Morgan fingerprint density at radius 2 is 2.06 bits per heavy atom. The van der Waals surface area contributed by atoms with Crippen molar-refractivity contribution in [3.8, 4) is 22.8 Å². The standard InChI is InChI=1S/C25H31ClN6O3/c1-32-7-4-5-17(32)13-27-24-23-15(12-28-25(31-23)29-16-6-8-35-14-16)9-20(30-24)19-10-18(33-2)11-21(34-3)22(19)26/h9-12,16-17H,4-8,13-14H2,1-3H3,(H,27,30)(H,28,29,31). The fourth-order valence-corrected chi connectivity index (χ4v) is 4.96. The number of likely N-dealkylation sites (N-methyl/N-ethyl adjacent to an activating group) is 1. The molecule has 186 valence electrons. The van der Waals surface area contributed by atoms with E-state index in [2.05, 4.69) is 27.6 Å². The highest BCUT2D eigenvalue weighted by atomic mass is 35.5. The van der Waals surface area contributed by atoms with Gasteiger partial charge in [0.2, 0.25) is 5.95 Å². The lowest BCUT2D eigenvalue weighted by atomic mass is 10.1. The number of ether oxygens (including phenoxy) is 3. The second-order valence-corrected chi connectivity index (χ2v) is 9.42. The smallest absolute Gasteiger partial charge is 0.223 e. The molecule has 3 aromatic rings. The molecule has 35 heavy (non-hydrogen) atoms. The van der Waals surface area contributed by atoms with Gasteiger partial charge in [0.15, 0.2) is 5.82 Å². The van der Waals surface area contributed by atoms with Crippen LogP contribution in [-0.4, -0.2) is 79.5 Å². The van der Waals surface area contributed by atoms with Gasteiger partial charge in [-0.25, -0.2) is 15.0 Å². The van der Waals surface area contributed by atoms with Gasteiger partial charge >= 0.3 is 0 Å². The lowest BCUT2D eigenvalue weighted by molar-refractivity contribution is 0.195. The average Bonchev–Trinajstić information content (AvgIpc) is 3.54. The van der Waals surface area contributed by atoms with Gasteiger partial charge in [0.05, 0.1) is 37.6 Å². The Balaban J connectivity index is 1.56. The van der Waals surface area contributed by atoms with Crippen molar-refractivity contribution in [3.63, 3.8) is 0 Å². The molecule has 2 aliphatic heterocycles. The number of fused-ring (bicyclic) bond motifs is 1. The third-order valence-electron chi connectivity index (χ3n) is 6.75. The highest BCUT2D eigenvalue weighted by molar-refractivity contribution is 6.34. The lowest BCUT2D eigenvalue weighted by Gasteiger charge is -2.21. The van der Waals surface area contributed by atoms with Gasteiger partial charge in [-0.3, -0.25) is 0 Å². The van der Waals surface area contributed by atoms with Gasteiger partial charge in [-0.05, 0) is 45.0 Å². The molecule has 5 rings (SSSR count). The van der Waals surface area contributed by atoms with Crippen LogP contribution in [0.2, 0.25) is 5.02 Å². The zero-order valence-corrected chi connectivity index (χ0v) is 21.1. The Kier molecular flexibility index (Phi) is 7.08. The van der Waals surface area contributed by atoms with E-state index in [0.717, 1.165) is 49.0 Å². The number of likely N-dealkylation sites (tertiary alicyclic amines) is 1. The number of rotatable bonds is 8. The molecule has 9 nitrogen and oxygen atoms in total. The largest absolute Gasteiger partial charge is 0.497 e. The summed E-state index contributed by atoms with van der Waals surface area (Å²) in [4.78, 5) is 16.7. The quantitative estimate of drug-likeness (QED) is 0.476. The van der Waals surface area contributed by atoms with Crippen molar-refractivity contribution in [2.24, 2.45) is 0 Å². The highest BCUT2D eigenvalue weighted by Gasteiger charge is 2.23. The van der Waals surface area contributed by atoms with E-state index in [-0.39, 0.29) is 6.04 Å². The van der Waals surface area contributed by atoms with E-state index < -0.39 is 0 Å². The predicted molar refractivity (Wildman–Crippen MR) is 138 cm³/mol. The number of nitrogens with one attached hydrogen (secondary N) is 2. The van der Waals surface area contributed by atoms with E-state index >= 15 is 0 Å². The zero-order chi connectivity index (χ0) is 24.4. The molecule has 0 saturated carbocycles. The van der Waals surface area contributed by atoms with Crippen LogP contribution in [-0.2, 0) is 4.74 Å². The molecule has 2 N–H and O–H groups in total. The van der Waals surface area contributed by atoms with Crippen molar-refractivity contribution in [2.45, 2.75) is 31.3 Å². The molecular formula is C25H31ClN6O3. The number of hydrogen-bond acceptors (Lipinski definition) is 9. The van der Waals surface area contributed by atoms with Crippen molar-refractivity contribution in [1.82, 2.24) is 19.9 Å². The van der Waals surface area contributed by atoms with Crippen LogP contribution in [0.15, 0.2) is 24.4 Å². The summed E-state index contributed by atoms with van der Waals surface area (Å²) in [6.45, 7) is 3.30. The van der Waals surface area contributed by atoms with Crippen LogP contribution in [0, 0.1) is 0 Å². The third-order valence-corrected chi connectivity index (χ3v) is 7.14. The van der Waals surface area contributed by atoms with Crippen LogP contribution in [0.25, 0.3) is 22.2 Å². The van der Waals surface area contributed by atoms with E-state index in [1.165, 1.54) is 6.42 Å². The second kappa shape index (κ2) is 10.4. The molecule has 0 amide bonds. The number of nitrogens with zero attached hydrogens (tertiary/aromatic N) is 4. The number of benzene rings is 1. The fraction of sp³-hybridized carbons (Fsp3) is 0.480. The first kappa shape index (κ1) is 23.8. The fourth-order valence-electron chi connectivity index (χ4n) is 4.68. The second-order valence-electron chi connectivity index (χ2n) is 9.04. The lowest BCUT2D eigenvalue weighted by Crippen LogP contribution is -2.31. The normalized spacial score (nSPS) is 20.3. The minimum absolute atomic E-state index is 0.214. The molecule has 1 aromatic carbocycles. The van der Waals surface area contributed by atoms with Gasteiger partial charge in [0.25, 0.3) is 0 Å². The van der Waals surface area contributed by atoms with Crippen LogP contribution in [0.1, 0.15) is 19.3 Å². The van der Waals surface area contributed by atoms with Crippen LogP contribution in [0.5, 0.6) is 11.5 Å². The van der Waals surface area contributed by atoms with Gasteiger partial charge in [0.1, 0.15) is 17.0 Å². The van der Waals surface area contributed by atoms with E-state index in [4.69, 9.17) is 35.8 Å². The Hall–Kier alpha value is -2.88. The number of hydrogen-bond donors (Lipinski definition) is 2. The summed E-state index contributed by atoms with van der Waals surface area (Å²) in [6, 6.07) is 6.24. The van der Waals surface area contributed by atoms with E-state index in [1.54, 1.807) is 20.3 Å². The van der Waals surface area contributed by atoms with E-state index in [9.17, 15) is 0 Å². The number of aromatic nitrogens is 3. The molecule has 2 fully saturated rings. The maximum atomic E-state index is 6.70. The van der Waals surface area contributed by atoms with Gasteiger partial charge in [0, 0.05) is 42.4 Å². The maximum Gasteiger partial charge on any atom is 0.223 e. The number of anilines is 2. The van der Waals surface area contributed by atoms with Gasteiger partial charge in [-0.2, -0.15) is 0 Å². The Bertz CT molecular complexity index is 1200. The number of pyridine rings is 1. The van der Waals surface area contributed by atoms with Crippen LogP contribution in [0.3, 0.4) is 0 Å². The van der Waals surface area contributed by atoms with Gasteiger partial charge < -0.3 is 29.7 Å². The molecule has 2 aliphatic rings. The molecule has 0 radical (unpaired) electrons. The SMILES string of the molecule is COc1cc(OC)c(Cl)c(-c2cc3cnc(NC4CCOC4)nc3c(NCC3CCCN3C)n2)c1. The van der Waals surface area contributed by atoms with E-state index in [0.29, 0.717) is 46.6 Å². The van der Waals surface area contributed by atoms with E-state index in [1.807, 2.05) is 18.3 Å². The maximum absolute atomic E-state index is 6.70. The van der Waals surface area contributed by atoms with Crippen molar-refractivity contribution in [3.05, 3.63) is 29.4 Å². The van der Waals surface area contributed by atoms with Gasteiger partial charge in [-0.1, -0.05) is 11.6 Å². The summed E-state index contributed by atoms with van der Waals surface area (Å²) in [7, 11) is 5.36. The highest BCUT2D eigenvalue weighted by Crippen LogP contribution is 2.40. The average molecular weight is 499 g/mol. The van der Waals surface area contributed by atoms with Crippen LogP contribution in [0.4, 0.5) is 11.8 Å². The minimum atomic E-state index is 0.214. The predicted octanol–water partition coefficient (Wildman–Crippen LogP) is 4.07. The van der Waals surface area contributed by atoms with Crippen molar-refractivity contribution < 1.29 is 14.2 Å². The first-order valence-electron chi connectivity index (χ1n) is 11.9. The summed E-state index contributed by atoms with van der Waals surface area (Å²) in [5.41, 5.74) is 2.17. The van der Waals surface area contributed by atoms with Crippen molar-refractivity contribution in [1.29, 1.82) is 0 Å². The first-order valence-corrected chi connectivity index (χ1v) is 12.3. The van der Waals surface area contributed by atoms with Crippen molar-refractivity contribution >= 4 is 34.3 Å². The van der Waals surface area contributed by atoms with Crippen LogP contribution < -0.4 is 20.1 Å². The molecule has 0 spiro atoms. The molecule has 4 heterocycles. The third kappa shape index (κ3) is 5.07. The Labute approximate surface area is 210 Å². The minimum Gasteiger partial charge on any atom is -0.497 e. The Morgan fingerprint density at radius 1 is 1.17 bits per heavy atom. The number of halogens is 1.